The highest BCUT2D eigenvalue weighted by molar-refractivity contribution is 7.99. The van der Waals surface area contributed by atoms with Crippen LogP contribution >= 0.6 is 11.8 Å². The van der Waals surface area contributed by atoms with Crippen LogP contribution in [0.1, 0.15) is 12.7 Å². The maximum absolute atomic E-state index is 4.12. The molecule has 74 valence electrons. The third-order valence-corrected chi connectivity index (χ3v) is 2.89. The minimum atomic E-state index is 0.647. The van der Waals surface area contributed by atoms with Gasteiger partial charge in [-0.2, -0.15) is 16.9 Å². The summed E-state index contributed by atoms with van der Waals surface area (Å²) in [5.41, 5.74) is 0. The Morgan fingerprint density at radius 3 is 3.00 bits per heavy atom. The number of nitrogens with one attached hydrogen (secondary N) is 1. The molecule has 0 fully saturated rings. The first-order chi connectivity index (χ1) is 6.24. The van der Waals surface area contributed by atoms with Crippen LogP contribution in [0.3, 0.4) is 0 Å². The smallest absolute Gasteiger partial charge is 0.140 e. The molecule has 0 aliphatic heterocycles. The van der Waals surface area contributed by atoms with Gasteiger partial charge in [0, 0.05) is 18.8 Å². The fourth-order valence-corrected chi connectivity index (χ4v) is 1.24. The lowest BCUT2D eigenvalue weighted by atomic mass is 10.4. The van der Waals surface area contributed by atoms with Gasteiger partial charge in [-0.15, -0.1) is 0 Å². The Morgan fingerprint density at radius 1 is 1.69 bits per heavy atom. The summed E-state index contributed by atoms with van der Waals surface area (Å²) in [4.78, 5) is 4.12. The van der Waals surface area contributed by atoms with Gasteiger partial charge in [0.05, 0.1) is 6.54 Å². The van der Waals surface area contributed by atoms with Crippen LogP contribution in [-0.4, -0.2) is 32.8 Å². The second-order valence-electron chi connectivity index (χ2n) is 2.98. The van der Waals surface area contributed by atoms with Crippen molar-refractivity contribution in [1.82, 2.24) is 20.1 Å². The molecule has 1 aromatic rings. The predicted molar refractivity (Wildman–Crippen MR) is 55.7 cm³/mol. The average Bonchev–Trinajstić information content (AvgIpc) is 2.52. The molecular formula is C8H16N4S. The molecule has 0 amide bonds. The quantitative estimate of drug-likeness (QED) is 0.758. The fourth-order valence-electron chi connectivity index (χ4n) is 0.951. The van der Waals surface area contributed by atoms with E-state index in [1.165, 1.54) is 0 Å². The largest absolute Gasteiger partial charge is 0.309 e. The molecule has 0 bridgehead atoms. The third kappa shape index (κ3) is 3.36. The van der Waals surface area contributed by atoms with Crippen molar-refractivity contribution in [2.24, 2.45) is 7.05 Å². The number of nitrogens with zero attached hydrogens (tertiary/aromatic N) is 3. The molecule has 1 aromatic heterocycles. The monoisotopic (exact) mass is 200 g/mol. The Labute approximate surface area is 83.1 Å². The lowest BCUT2D eigenvalue weighted by molar-refractivity contribution is 0.613. The second-order valence-corrected chi connectivity index (χ2v) is 4.25. The maximum Gasteiger partial charge on any atom is 0.140 e. The van der Waals surface area contributed by atoms with Gasteiger partial charge in [0.25, 0.3) is 0 Å². The molecule has 0 aliphatic rings. The number of aryl methyl sites for hydroxylation is 1. The number of hydrogen-bond acceptors (Lipinski definition) is 4. The highest BCUT2D eigenvalue weighted by Crippen LogP contribution is 2.02. The van der Waals surface area contributed by atoms with Crippen molar-refractivity contribution in [3.63, 3.8) is 0 Å². The van der Waals surface area contributed by atoms with Crippen LogP contribution in [0.15, 0.2) is 6.33 Å². The fraction of sp³-hybridized carbons (Fsp3) is 0.750. The average molecular weight is 200 g/mol. The summed E-state index contributed by atoms with van der Waals surface area (Å²) >= 11 is 1.86. The van der Waals surface area contributed by atoms with Gasteiger partial charge in [-0.1, -0.05) is 6.92 Å². The molecule has 5 heteroatoms. The Bertz CT molecular complexity index is 248. The summed E-state index contributed by atoms with van der Waals surface area (Å²) < 4.78 is 1.79. The van der Waals surface area contributed by atoms with E-state index in [0.29, 0.717) is 5.25 Å². The van der Waals surface area contributed by atoms with Gasteiger partial charge in [0.2, 0.25) is 0 Å². The molecule has 0 saturated carbocycles. The molecule has 1 unspecified atom stereocenters. The molecule has 0 aliphatic carbocycles. The first-order valence-electron chi connectivity index (χ1n) is 4.30. The highest BCUT2D eigenvalue weighted by Gasteiger charge is 2.01. The normalized spacial score (nSPS) is 13.2. The maximum atomic E-state index is 4.12. The van der Waals surface area contributed by atoms with Gasteiger partial charge in [-0.3, -0.25) is 4.68 Å². The van der Waals surface area contributed by atoms with E-state index in [0.717, 1.165) is 18.9 Å². The molecule has 0 saturated heterocycles. The molecule has 1 N–H and O–H groups in total. The van der Waals surface area contributed by atoms with Crippen molar-refractivity contribution in [2.75, 3.05) is 12.8 Å². The Morgan fingerprint density at radius 2 is 2.46 bits per heavy atom. The SMILES string of the molecule is CSC(C)CNCc1ncnn1C. The van der Waals surface area contributed by atoms with Crippen molar-refractivity contribution in [3.05, 3.63) is 12.2 Å². The van der Waals surface area contributed by atoms with Gasteiger partial charge >= 0.3 is 0 Å². The molecule has 1 atom stereocenters. The zero-order valence-electron chi connectivity index (χ0n) is 8.32. The lowest BCUT2D eigenvalue weighted by Gasteiger charge is -2.08. The number of rotatable bonds is 5. The standard InChI is InChI=1S/C8H16N4S/c1-7(13-3)4-9-5-8-10-6-11-12(8)2/h6-7,9H,4-5H2,1-3H3. The van der Waals surface area contributed by atoms with Crippen LogP contribution in [-0.2, 0) is 13.6 Å². The summed E-state index contributed by atoms with van der Waals surface area (Å²) in [5, 5.41) is 7.98. The molecule has 0 aromatic carbocycles. The van der Waals surface area contributed by atoms with Crippen LogP contribution in [0.25, 0.3) is 0 Å². The Hall–Kier alpha value is -0.550. The summed E-state index contributed by atoms with van der Waals surface area (Å²) in [7, 11) is 1.90. The Balaban J connectivity index is 2.24. The molecule has 1 rings (SSSR count). The number of hydrogen-bond donors (Lipinski definition) is 1. The highest BCUT2D eigenvalue weighted by atomic mass is 32.2. The molecule has 0 radical (unpaired) electrons. The molecular weight excluding hydrogens is 184 g/mol. The van der Waals surface area contributed by atoms with E-state index in [-0.39, 0.29) is 0 Å². The van der Waals surface area contributed by atoms with Crippen LogP contribution in [0.4, 0.5) is 0 Å². The van der Waals surface area contributed by atoms with Gasteiger partial charge in [-0.25, -0.2) is 4.98 Å². The first kappa shape index (κ1) is 10.5. The van der Waals surface area contributed by atoms with Crippen molar-refractivity contribution >= 4 is 11.8 Å². The molecule has 4 nitrogen and oxygen atoms in total. The predicted octanol–water partition coefficient (Wildman–Crippen LogP) is 0.656. The lowest BCUT2D eigenvalue weighted by Crippen LogP contribution is -2.23. The minimum absolute atomic E-state index is 0.647. The van der Waals surface area contributed by atoms with E-state index in [9.17, 15) is 0 Å². The van der Waals surface area contributed by atoms with Crippen LogP contribution < -0.4 is 5.32 Å². The third-order valence-electron chi connectivity index (χ3n) is 1.92. The second kappa shape index (κ2) is 5.24. The molecule has 1 heterocycles. The van der Waals surface area contributed by atoms with E-state index in [4.69, 9.17) is 0 Å². The van der Waals surface area contributed by atoms with Gasteiger partial charge in [-0.05, 0) is 6.26 Å². The molecule has 13 heavy (non-hydrogen) atoms. The topological polar surface area (TPSA) is 42.7 Å². The number of thioether (sulfide) groups is 1. The van der Waals surface area contributed by atoms with Gasteiger partial charge in [0.15, 0.2) is 0 Å². The van der Waals surface area contributed by atoms with E-state index >= 15 is 0 Å². The van der Waals surface area contributed by atoms with Gasteiger partial charge < -0.3 is 5.32 Å². The first-order valence-corrected chi connectivity index (χ1v) is 5.59. The summed E-state index contributed by atoms with van der Waals surface area (Å²) in [6.07, 6.45) is 3.70. The zero-order chi connectivity index (χ0) is 9.68. The summed E-state index contributed by atoms with van der Waals surface area (Å²) in [5.74, 6) is 0.980. The van der Waals surface area contributed by atoms with E-state index < -0.39 is 0 Å². The summed E-state index contributed by atoms with van der Waals surface area (Å²) in [6.45, 7) is 4.00. The van der Waals surface area contributed by atoms with Crippen molar-refractivity contribution in [2.45, 2.75) is 18.7 Å². The minimum Gasteiger partial charge on any atom is -0.309 e. The van der Waals surface area contributed by atoms with Crippen molar-refractivity contribution < 1.29 is 0 Å². The van der Waals surface area contributed by atoms with Crippen molar-refractivity contribution in [1.29, 1.82) is 0 Å². The molecule has 0 spiro atoms. The Kier molecular flexibility index (Phi) is 4.24. The number of aromatic nitrogens is 3. The van der Waals surface area contributed by atoms with Crippen LogP contribution in [0.2, 0.25) is 0 Å². The van der Waals surface area contributed by atoms with Crippen LogP contribution in [0.5, 0.6) is 0 Å². The van der Waals surface area contributed by atoms with Crippen molar-refractivity contribution in [3.8, 4) is 0 Å². The van der Waals surface area contributed by atoms with E-state index in [2.05, 4.69) is 28.6 Å². The van der Waals surface area contributed by atoms with Gasteiger partial charge in [0.1, 0.15) is 12.2 Å². The van der Waals surface area contributed by atoms with E-state index in [1.54, 1.807) is 11.0 Å². The zero-order valence-corrected chi connectivity index (χ0v) is 9.14. The van der Waals surface area contributed by atoms with Crippen LogP contribution in [0, 0.1) is 0 Å². The summed E-state index contributed by atoms with van der Waals surface area (Å²) in [6, 6.07) is 0. The van der Waals surface area contributed by atoms with E-state index in [1.807, 2.05) is 18.8 Å².